The molecule has 3 heterocycles. The Kier molecular flexibility index (Phi) is 4.46. The van der Waals surface area contributed by atoms with Crippen LogP contribution in [-0.4, -0.2) is 38.5 Å². The van der Waals surface area contributed by atoms with Gasteiger partial charge in [-0.1, -0.05) is 18.2 Å². The largest absolute Gasteiger partial charge is 0.416 e. The maximum absolute atomic E-state index is 13.4. The van der Waals surface area contributed by atoms with E-state index in [1.54, 1.807) is 39.8 Å². The maximum atomic E-state index is 13.4. The minimum absolute atomic E-state index is 0.150. The van der Waals surface area contributed by atoms with Crippen LogP contribution in [0.1, 0.15) is 46.1 Å². The summed E-state index contributed by atoms with van der Waals surface area (Å²) >= 11 is 0. The average Bonchev–Trinajstić information content (AvgIpc) is 3.45. The standard InChI is InChI=1S/C22H18F3N5O/c23-22(24,25)18-4-2-1-3-17(18)14-8-15-11-29(12-16(15)9-14)21(31)20-28-27-19-7-13(10-26)5-6-30(19)20/h1-7,14-16H,8-9,11-12H2. The molecule has 1 saturated carbocycles. The van der Waals surface area contributed by atoms with Crippen LogP contribution in [0, 0.1) is 23.2 Å². The number of carbonyl (C=O) groups excluding carboxylic acids is 1. The smallest absolute Gasteiger partial charge is 0.335 e. The maximum Gasteiger partial charge on any atom is 0.416 e. The first kappa shape index (κ1) is 19.5. The van der Waals surface area contributed by atoms with Crippen LogP contribution in [0.15, 0.2) is 42.6 Å². The van der Waals surface area contributed by atoms with Gasteiger partial charge >= 0.3 is 6.18 Å². The fraction of sp³-hybridized carbons (Fsp3) is 0.364. The van der Waals surface area contributed by atoms with E-state index in [1.165, 1.54) is 6.07 Å². The van der Waals surface area contributed by atoms with Gasteiger partial charge in [0.2, 0.25) is 5.82 Å². The molecule has 1 aliphatic heterocycles. The van der Waals surface area contributed by atoms with Gasteiger partial charge in [-0.05, 0) is 48.3 Å². The summed E-state index contributed by atoms with van der Waals surface area (Å²) in [6.45, 7) is 0.999. The number of amides is 1. The Bertz CT molecular complexity index is 1200. The number of fused-ring (bicyclic) bond motifs is 2. The number of nitriles is 1. The predicted molar refractivity (Wildman–Crippen MR) is 104 cm³/mol. The van der Waals surface area contributed by atoms with Crippen molar-refractivity contribution in [2.45, 2.75) is 24.9 Å². The van der Waals surface area contributed by atoms with Crippen LogP contribution in [0.3, 0.4) is 0 Å². The highest BCUT2D eigenvalue weighted by Crippen LogP contribution is 2.49. The van der Waals surface area contributed by atoms with Gasteiger partial charge in [-0.15, -0.1) is 10.2 Å². The summed E-state index contributed by atoms with van der Waals surface area (Å²) in [6, 6.07) is 11.0. The summed E-state index contributed by atoms with van der Waals surface area (Å²) in [7, 11) is 0. The third-order valence-corrected chi connectivity index (χ3v) is 6.47. The Morgan fingerprint density at radius 2 is 1.81 bits per heavy atom. The van der Waals surface area contributed by atoms with Gasteiger partial charge in [-0.3, -0.25) is 9.20 Å². The number of rotatable bonds is 2. The van der Waals surface area contributed by atoms with E-state index < -0.39 is 11.7 Å². The van der Waals surface area contributed by atoms with Gasteiger partial charge in [0, 0.05) is 25.4 Å². The highest BCUT2D eigenvalue weighted by Gasteiger charge is 2.45. The van der Waals surface area contributed by atoms with Crippen LogP contribution in [0.2, 0.25) is 0 Å². The second-order valence-corrected chi connectivity index (χ2v) is 8.26. The monoisotopic (exact) mass is 425 g/mol. The minimum atomic E-state index is -4.36. The number of nitrogens with zero attached hydrogens (tertiary/aromatic N) is 5. The third kappa shape index (κ3) is 3.32. The van der Waals surface area contributed by atoms with Crippen molar-refractivity contribution in [3.63, 3.8) is 0 Å². The lowest BCUT2D eigenvalue weighted by Gasteiger charge is -2.21. The van der Waals surface area contributed by atoms with E-state index in [1.807, 2.05) is 6.07 Å². The van der Waals surface area contributed by atoms with Crippen molar-refractivity contribution in [1.82, 2.24) is 19.5 Å². The van der Waals surface area contributed by atoms with Crippen molar-refractivity contribution in [3.05, 3.63) is 65.1 Å². The van der Waals surface area contributed by atoms with Crippen LogP contribution in [0.5, 0.6) is 0 Å². The number of aromatic nitrogens is 3. The lowest BCUT2D eigenvalue weighted by atomic mass is 9.91. The molecule has 3 aromatic rings. The van der Waals surface area contributed by atoms with Crippen molar-refractivity contribution in [1.29, 1.82) is 5.26 Å². The van der Waals surface area contributed by atoms with E-state index in [0.717, 1.165) is 6.07 Å². The number of hydrogen-bond donors (Lipinski definition) is 0. The Labute approximate surface area is 175 Å². The number of hydrogen-bond acceptors (Lipinski definition) is 4. The molecular weight excluding hydrogens is 407 g/mol. The Balaban J connectivity index is 1.32. The van der Waals surface area contributed by atoms with Gasteiger partial charge in [0.1, 0.15) is 0 Å². The van der Waals surface area contributed by atoms with Crippen molar-refractivity contribution < 1.29 is 18.0 Å². The number of pyridine rings is 1. The number of benzene rings is 1. The normalized spacial score (nSPS) is 23.2. The quantitative estimate of drug-likeness (QED) is 0.625. The van der Waals surface area contributed by atoms with E-state index in [9.17, 15) is 18.0 Å². The van der Waals surface area contributed by atoms with Gasteiger partial charge in [-0.2, -0.15) is 18.4 Å². The fourth-order valence-electron chi connectivity index (χ4n) is 5.08. The SMILES string of the molecule is N#Cc1ccn2c(C(=O)N3CC4CC(c5ccccc5C(F)(F)F)CC4C3)nnc2c1. The van der Waals surface area contributed by atoms with Crippen LogP contribution in [0.25, 0.3) is 5.65 Å². The second kappa shape index (κ2) is 7.08. The van der Waals surface area contributed by atoms with Crippen molar-refractivity contribution in [3.8, 4) is 6.07 Å². The summed E-state index contributed by atoms with van der Waals surface area (Å²) in [4.78, 5) is 14.8. The molecule has 9 heteroatoms. The minimum Gasteiger partial charge on any atom is -0.335 e. The molecule has 0 radical (unpaired) electrons. The molecule has 0 spiro atoms. The molecule has 31 heavy (non-hydrogen) atoms. The van der Waals surface area contributed by atoms with Crippen LogP contribution >= 0.6 is 0 Å². The molecule has 6 nitrogen and oxygen atoms in total. The van der Waals surface area contributed by atoms with E-state index in [0.29, 0.717) is 42.7 Å². The summed E-state index contributed by atoms with van der Waals surface area (Å²) in [5.41, 5.74) is 0.656. The fourth-order valence-corrected chi connectivity index (χ4v) is 5.08. The number of likely N-dealkylation sites (tertiary alicyclic amines) is 1. The first-order chi connectivity index (χ1) is 14.8. The zero-order valence-electron chi connectivity index (χ0n) is 16.4. The average molecular weight is 425 g/mol. The van der Waals surface area contributed by atoms with Crippen LogP contribution in [-0.2, 0) is 6.18 Å². The zero-order chi connectivity index (χ0) is 21.8. The Morgan fingerprint density at radius 1 is 1.10 bits per heavy atom. The number of halogens is 3. The lowest BCUT2D eigenvalue weighted by molar-refractivity contribution is -0.138. The summed E-state index contributed by atoms with van der Waals surface area (Å²) in [5, 5.41) is 17.0. The Hall–Kier alpha value is -3.41. The molecular formula is C22H18F3N5O. The molecule has 1 aliphatic carbocycles. The molecule has 2 fully saturated rings. The van der Waals surface area contributed by atoms with Crippen LogP contribution in [0.4, 0.5) is 13.2 Å². The second-order valence-electron chi connectivity index (χ2n) is 8.26. The molecule has 2 aliphatic rings. The number of alkyl halides is 3. The number of carbonyl (C=O) groups is 1. The topological polar surface area (TPSA) is 74.3 Å². The molecule has 2 unspecified atom stereocenters. The van der Waals surface area contributed by atoms with Crippen molar-refractivity contribution in [2.75, 3.05) is 13.1 Å². The molecule has 158 valence electrons. The Morgan fingerprint density at radius 3 is 2.48 bits per heavy atom. The van der Waals surface area contributed by atoms with E-state index in [4.69, 9.17) is 5.26 Å². The predicted octanol–water partition coefficient (Wildman–Crippen LogP) is 3.89. The summed E-state index contributed by atoms with van der Waals surface area (Å²) < 4.78 is 41.8. The highest BCUT2D eigenvalue weighted by atomic mass is 19.4. The third-order valence-electron chi connectivity index (χ3n) is 6.47. The molecule has 2 atom stereocenters. The molecule has 1 saturated heterocycles. The summed E-state index contributed by atoms with van der Waals surface area (Å²) in [5.74, 6) is 0.111. The van der Waals surface area contributed by atoms with Crippen molar-refractivity contribution in [2.24, 2.45) is 11.8 Å². The van der Waals surface area contributed by atoms with E-state index in [-0.39, 0.29) is 29.5 Å². The van der Waals surface area contributed by atoms with Gasteiger partial charge in [-0.25, -0.2) is 0 Å². The lowest BCUT2D eigenvalue weighted by Crippen LogP contribution is -2.31. The first-order valence-electron chi connectivity index (χ1n) is 10.1. The molecule has 1 aromatic carbocycles. The van der Waals surface area contributed by atoms with Crippen molar-refractivity contribution >= 4 is 11.6 Å². The first-order valence-corrected chi connectivity index (χ1v) is 10.1. The van der Waals surface area contributed by atoms with Gasteiger partial charge < -0.3 is 4.90 Å². The summed E-state index contributed by atoms with van der Waals surface area (Å²) in [6.07, 6.45) is -1.50. The molecule has 2 aromatic heterocycles. The van der Waals surface area contributed by atoms with Gasteiger partial charge in [0.15, 0.2) is 5.65 Å². The molecule has 0 N–H and O–H groups in total. The zero-order valence-corrected chi connectivity index (χ0v) is 16.4. The van der Waals surface area contributed by atoms with Crippen LogP contribution < -0.4 is 0 Å². The molecule has 0 bridgehead atoms. The van der Waals surface area contributed by atoms with Gasteiger partial charge in [0.05, 0.1) is 17.2 Å². The highest BCUT2D eigenvalue weighted by molar-refractivity contribution is 5.91. The molecule has 5 rings (SSSR count). The van der Waals surface area contributed by atoms with E-state index >= 15 is 0 Å². The van der Waals surface area contributed by atoms with E-state index in [2.05, 4.69) is 10.2 Å². The molecule has 1 amide bonds. The van der Waals surface area contributed by atoms with Gasteiger partial charge in [0.25, 0.3) is 5.91 Å².